The van der Waals surface area contributed by atoms with Crippen LogP contribution < -0.4 is 4.90 Å². The molecule has 1 aromatic heterocycles. The summed E-state index contributed by atoms with van der Waals surface area (Å²) in [7, 11) is 0. The van der Waals surface area contributed by atoms with Gasteiger partial charge in [0.25, 0.3) is 0 Å². The van der Waals surface area contributed by atoms with Gasteiger partial charge in [0.1, 0.15) is 5.76 Å². The van der Waals surface area contributed by atoms with Gasteiger partial charge in [-0.1, -0.05) is 37.0 Å². The van der Waals surface area contributed by atoms with Gasteiger partial charge in [-0.15, -0.1) is 0 Å². The zero-order valence-corrected chi connectivity index (χ0v) is 13.3. The van der Waals surface area contributed by atoms with Gasteiger partial charge in [0, 0.05) is 15.7 Å². The third-order valence-electron chi connectivity index (χ3n) is 3.76. The Labute approximate surface area is 126 Å². The topological polar surface area (TPSA) is 63.4 Å². The zero-order chi connectivity index (χ0) is 13.7. The van der Waals surface area contributed by atoms with E-state index in [0.717, 1.165) is 0 Å². The summed E-state index contributed by atoms with van der Waals surface area (Å²) >= 11 is 7.11. The molecule has 102 valence electrons. The molecule has 1 saturated carbocycles. The van der Waals surface area contributed by atoms with Crippen LogP contribution in [-0.2, 0) is 9.59 Å². The highest BCUT2D eigenvalue weighted by molar-refractivity contribution is 9.12. The standard InChI is InChI=1S/C12H12Br2N2O3/c1-5-2-10(15-19-5)16-11(17)6-3-8(13)9(14)4-7(6)12(16)18/h2,6-9H,3-4H2,1H3/t6-,7-,8+,9+/m1/s1. The van der Waals surface area contributed by atoms with Gasteiger partial charge >= 0.3 is 0 Å². The molecule has 1 saturated heterocycles. The average molecular weight is 392 g/mol. The van der Waals surface area contributed by atoms with Crippen molar-refractivity contribution in [2.45, 2.75) is 29.4 Å². The van der Waals surface area contributed by atoms with Crippen molar-refractivity contribution < 1.29 is 14.1 Å². The van der Waals surface area contributed by atoms with Gasteiger partial charge in [-0.2, -0.15) is 0 Å². The number of carbonyl (C=O) groups is 2. The average Bonchev–Trinajstić information content (AvgIpc) is 2.86. The first-order valence-electron chi connectivity index (χ1n) is 6.08. The van der Waals surface area contributed by atoms with E-state index in [1.165, 1.54) is 4.90 Å². The maximum absolute atomic E-state index is 12.4. The number of nitrogens with zero attached hydrogens (tertiary/aromatic N) is 2. The third kappa shape index (κ3) is 2.07. The van der Waals surface area contributed by atoms with E-state index >= 15 is 0 Å². The highest BCUT2D eigenvalue weighted by Crippen LogP contribution is 2.44. The normalized spacial score (nSPS) is 34.8. The Balaban J connectivity index is 1.93. The van der Waals surface area contributed by atoms with Crippen LogP contribution in [0.3, 0.4) is 0 Å². The summed E-state index contributed by atoms with van der Waals surface area (Å²) < 4.78 is 4.95. The Morgan fingerprint density at radius 2 is 1.74 bits per heavy atom. The number of aromatic nitrogens is 1. The molecule has 2 fully saturated rings. The Morgan fingerprint density at radius 1 is 1.21 bits per heavy atom. The summed E-state index contributed by atoms with van der Waals surface area (Å²) in [5.41, 5.74) is 0. The molecule has 19 heavy (non-hydrogen) atoms. The lowest BCUT2D eigenvalue weighted by molar-refractivity contribution is -0.122. The molecule has 0 radical (unpaired) electrons. The van der Waals surface area contributed by atoms with Crippen molar-refractivity contribution in [2.75, 3.05) is 4.90 Å². The highest BCUT2D eigenvalue weighted by atomic mass is 79.9. The lowest BCUT2D eigenvalue weighted by Crippen LogP contribution is -2.34. The second-order valence-electron chi connectivity index (χ2n) is 5.02. The van der Waals surface area contributed by atoms with Gasteiger partial charge in [0.2, 0.25) is 11.8 Å². The SMILES string of the molecule is Cc1cc(N2C(=O)[C@@H]3C[C@H](Br)[C@@H](Br)C[C@H]3C2=O)no1. The molecule has 5 nitrogen and oxygen atoms in total. The van der Waals surface area contributed by atoms with Gasteiger partial charge in [-0.25, -0.2) is 4.90 Å². The Hall–Kier alpha value is -0.690. The minimum atomic E-state index is -0.248. The first-order valence-corrected chi connectivity index (χ1v) is 7.91. The number of fused-ring (bicyclic) bond motifs is 1. The van der Waals surface area contributed by atoms with E-state index in [0.29, 0.717) is 24.4 Å². The van der Waals surface area contributed by atoms with Crippen LogP contribution in [0.15, 0.2) is 10.6 Å². The molecule has 0 unspecified atom stereocenters. The molecular formula is C12H12Br2N2O3. The van der Waals surface area contributed by atoms with Crippen LogP contribution in [0.1, 0.15) is 18.6 Å². The van der Waals surface area contributed by atoms with Crippen molar-refractivity contribution in [3.05, 3.63) is 11.8 Å². The molecule has 1 aliphatic heterocycles. The van der Waals surface area contributed by atoms with Crippen molar-refractivity contribution >= 4 is 49.5 Å². The number of hydrogen-bond acceptors (Lipinski definition) is 4. The minimum absolute atomic E-state index is 0.160. The fraction of sp³-hybridized carbons (Fsp3) is 0.583. The maximum atomic E-state index is 12.4. The van der Waals surface area contributed by atoms with E-state index in [9.17, 15) is 9.59 Å². The summed E-state index contributed by atoms with van der Waals surface area (Å²) in [6.45, 7) is 1.73. The van der Waals surface area contributed by atoms with Crippen molar-refractivity contribution in [3.8, 4) is 0 Å². The predicted octanol–water partition coefficient (Wildman–Crippen LogP) is 2.41. The quantitative estimate of drug-likeness (QED) is 0.544. The lowest BCUT2D eigenvalue weighted by atomic mass is 9.81. The van der Waals surface area contributed by atoms with Crippen LogP contribution in [0.4, 0.5) is 5.82 Å². The first kappa shape index (κ1) is 13.3. The first-order chi connectivity index (χ1) is 8.99. The fourth-order valence-electron chi connectivity index (χ4n) is 2.78. The minimum Gasteiger partial charge on any atom is -0.360 e. The Morgan fingerprint density at radius 3 is 2.16 bits per heavy atom. The molecule has 2 amide bonds. The van der Waals surface area contributed by atoms with Gasteiger partial charge in [-0.3, -0.25) is 9.59 Å². The second-order valence-corrected chi connectivity index (χ2v) is 7.38. The number of anilines is 1. The second kappa shape index (κ2) is 4.70. The summed E-state index contributed by atoms with van der Waals surface area (Å²) in [6.07, 6.45) is 1.33. The molecule has 4 atom stereocenters. The monoisotopic (exact) mass is 390 g/mol. The Bertz CT molecular complexity index is 517. The molecule has 0 spiro atoms. The van der Waals surface area contributed by atoms with Crippen molar-refractivity contribution in [3.63, 3.8) is 0 Å². The van der Waals surface area contributed by atoms with Crippen LogP contribution in [0.25, 0.3) is 0 Å². The van der Waals surface area contributed by atoms with E-state index in [1.807, 2.05) is 0 Å². The maximum Gasteiger partial charge on any atom is 0.239 e. The molecule has 2 aliphatic rings. The molecule has 3 rings (SSSR count). The van der Waals surface area contributed by atoms with Crippen LogP contribution in [0, 0.1) is 18.8 Å². The number of carbonyl (C=O) groups excluding carboxylic acids is 2. The van der Waals surface area contributed by atoms with E-state index < -0.39 is 0 Å². The summed E-state index contributed by atoms with van der Waals surface area (Å²) in [5.74, 6) is 0.0750. The van der Waals surface area contributed by atoms with Crippen LogP contribution in [0.2, 0.25) is 0 Å². The molecule has 1 aromatic rings. The number of halogens is 2. The largest absolute Gasteiger partial charge is 0.360 e. The van der Waals surface area contributed by atoms with Crippen molar-refractivity contribution in [1.82, 2.24) is 5.16 Å². The van der Waals surface area contributed by atoms with Gasteiger partial charge < -0.3 is 4.52 Å². The van der Waals surface area contributed by atoms with E-state index in [4.69, 9.17) is 4.52 Å². The van der Waals surface area contributed by atoms with E-state index in [2.05, 4.69) is 37.0 Å². The zero-order valence-electron chi connectivity index (χ0n) is 10.2. The van der Waals surface area contributed by atoms with Gasteiger partial charge in [0.05, 0.1) is 11.8 Å². The van der Waals surface area contributed by atoms with E-state index in [-0.39, 0.29) is 33.3 Å². The van der Waals surface area contributed by atoms with Crippen molar-refractivity contribution in [2.24, 2.45) is 11.8 Å². The van der Waals surface area contributed by atoms with Crippen LogP contribution >= 0.6 is 31.9 Å². The van der Waals surface area contributed by atoms with Gasteiger partial charge in [-0.05, 0) is 19.8 Å². The Kier molecular flexibility index (Phi) is 3.29. The molecule has 7 heteroatoms. The fourth-order valence-corrected chi connectivity index (χ4v) is 4.02. The summed E-state index contributed by atoms with van der Waals surface area (Å²) in [4.78, 5) is 26.4. The van der Waals surface area contributed by atoms with Crippen LogP contribution in [0.5, 0.6) is 0 Å². The number of rotatable bonds is 1. The molecule has 2 heterocycles. The van der Waals surface area contributed by atoms with Gasteiger partial charge in [0.15, 0.2) is 5.82 Å². The van der Waals surface area contributed by atoms with Crippen LogP contribution in [-0.4, -0.2) is 26.6 Å². The number of amides is 2. The molecule has 0 aromatic carbocycles. The van der Waals surface area contributed by atoms with E-state index in [1.54, 1.807) is 13.0 Å². The van der Waals surface area contributed by atoms with Crippen molar-refractivity contribution in [1.29, 1.82) is 0 Å². The number of aryl methyl sites for hydroxylation is 1. The smallest absolute Gasteiger partial charge is 0.239 e. The summed E-state index contributed by atoms with van der Waals surface area (Å²) in [6, 6.07) is 1.62. The number of alkyl halides is 2. The third-order valence-corrected chi connectivity index (χ3v) is 6.49. The number of hydrogen-bond donors (Lipinski definition) is 0. The number of imide groups is 1. The molecule has 0 bridgehead atoms. The highest BCUT2D eigenvalue weighted by Gasteiger charge is 2.53. The molecular weight excluding hydrogens is 380 g/mol. The molecule has 0 N–H and O–H groups in total. The lowest BCUT2D eigenvalue weighted by Gasteiger charge is -2.29. The predicted molar refractivity (Wildman–Crippen MR) is 75.4 cm³/mol. The molecule has 1 aliphatic carbocycles. The summed E-state index contributed by atoms with van der Waals surface area (Å²) in [5, 5.41) is 3.78.